The highest BCUT2D eigenvalue weighted by atomic mass is 35.5. The van der Waals surface area contributed by atoms with Crippen LogP contribution in [0.15, 0.2) is 0 Å². The van der Waals surface area contributed by atoms with Crippen molar-refractivity contribution in [2.75, 3.05) is 5.88 Å². The standard InChI is InChI=1S/C35H71Cl/c1-4-7-10-13-16-19-22-25-28-31-35(34-36,32-29-26-23-20-17-14-11-8-5-2)33-30-27-24-21-18-15-12-9-6-3/h4-34H2,1-3H3. The normalized spacial score (nSPS) is 12.0. The Morgan fingerprint density at radius 3 is 0.694 bits per heavy atom. The first-order chi connectivity index (χ1) is 17.7. The van der Waals surface area contributed by atoms with Crippen molar-refractivity contribution in [2.24, 2.45) is 5.41 Å². The van der Waals surface area contributed by atoms with Crippen molar-refractivity contribution in [2.45, 2.75) is 213 Å². The molecule has 0 saturated heterocycles. The number of alkyl halides is 1. The predicted molar refractivity (Wildman–Crippen MR) is 169 cm³/mol. The van der Waals surface area contributed by atoms with Crippen molar-refractivity contribution in [3.63, 3.8) is 0 Å². The first kappa shape index (κ1) is 36.3. The molecule has 0 rings (SSSR count). The fourth-order valence-corrected chi connectivity index (χ4v) is 6.41. The number of hydrogen-bond donors (Lipinski definition) is 0. The van der Waals surface area contributed by atoms with E-state index in [0.29, 0.717) is 5.41 Å². The maximum atomic E-state index is 6.76. The lowest BCUT2D eigenvalue weighted by molar-refractivity contribution is 0.227. The van der Waals surface area contributed by atoms with Crippen LogP contribution in [0.25, 0.3) is 0 Å². The van der Waals surface area contributed by atoms with Crippen molar-refractivity contribution >= 4 is 11.6 Å². The second-order valence-electron chi connectivity index (χ2n) is 12.4. The molecule has 218 valence electrons. The Hall–Kier alpha value is 0.290. The summed E-state index contributed by atoms with van der Waals surface area (Å²) >= 11 is 6.76. The summed E-state index contributed by atoms with van der Waals surface area (Å²) in [6.45, 7) is 6.94. The molecule has 0 aromatic heterocycles. The van der Waals surface area contributed by atoms with E-state index in [4.69, 9.17) is 11.6 Å². The highest BCUT2D eigenvalue weighted by Gasteiger charge is 2.27. The average molecular weight is 527 g/mol. The average Bonchev–Trinajstić information content (AvgIpc) is 2.89. The van der Waals surface area contributed by atoms with Crippen molar-refractivity contribution in [1.82, 2.24) is 0 Å². The maximum Gasteiger partial charge on any atom is 0.0279 e. The van der Waals surface area contributed by atoms with Crippen LogP contribution in [0.5, 0.6) is 0 Å². The van der Waals surface area contributed by atoms with Crippen molar-refractivity contribution in [3.05, 3.63) is 0 Å². The Labute approximate surface area is 235 Å². The maximum absolute atomic E-state index is 6.76. The van der Waals surface area contributed by atoms with Gasteiger partial charge in [0.15, 0.2) is 0 Å². The SMILES string of the molecule is CCCCCCCCCCCC(CCl)(CCCCCCCCCCC)CCCCCCCCCCC. The van der Waals surface area contributed by atoms with Crippen LogP contribution in [0.4, 0.5) is 0 Å². The molecule has 1 heteroatoms. The zero-order chi connectivity index (χ0) is 26.4. The van der Waals surface area contributed by atoms with E-state index in [1.54, 1.807) is 0 Å². The van der Waals surface area contributed by atoms with E-state index >= 15 is 0 Å². The van der Waals surface area contributed by atoms with Gasteiger partial charge >= 0.3 is 0 Å². The second-order valence-corrected chi connectivity index (χ2v) is 12.6. The smallest absolute Gasteiger partial charge is 0.0279 e. The summed E-state index contributed by atoms with van der Waals surface area (Å²) in [6.07, 6.45) is 42.8. The molecule has 0 aromatic rings. The van der Waals surface area contributed by atoms with Crippen molar-refractivity contribution in [3.8, 4) is 0 Å². The summed E-state index contributed by atoms with van der Waals surface area (Å²) in [4.78, 5) is 0. The van der Waals surface area contributed by atoms with Gasteiger partial charge in [0.2, 0.25) is 0 Å². The molecule has 0 heterocycles. The highest BCUT2D eigenvalue weighted by molar-refractivity contribution is 6.18. The van der Waals surface area contributed by atoms with Gasteiger partial charge in [-0.3, -0.25) is 0 Å². The van der Waals surface area contributed by atoms with Gasteiger partial charge in [-0.1, -0.05) is 194 Å². The number of halogens is 1. The third-order valence-electron chi connectivity index (χ3n) is 8.72. The van der Waals surface area contributed by atoms with Gasteiger partial charge < -0.3 is 0 Å². The fourth-order valence-electron chi connectivity index (χ4n) is 6.01. The minimum Gasteiger partial charge on any atom is -0.126 e. The van der Waals surface area contributed by atoms with Crippen LogP contribution in [0.1, 0.15) is 213 Å². The quantitative estimate of drug-likeness (QED) is 0.0621. The van der Waals surface area contributed by atoms with E-state index in [9.17, 15) is 0 Å². The van der Waals surface area contributed by atoms with Crippen LogP contribution in [-0.2, 0) is 0 Å². The molecule has 0 aliphatic heterocycles. The van der Waals surface area contributed by atoms with E-state index in [1.165, 1.54) is 193 Å². The van der Waals surface area contributed by atoms with Gasteiger partial charge in [-0.05, 0) is 24.7 Å². The van der Waals surface area contributed by atoms with E-state index < -0.39 is 0 Å². The second kappa shape index (κ2) is 29.8. The minimum atomic E-state index is 0.435. The summed E-state index contributed by atoms with van der Waals surface area (Å²) in [5.41, 5.74) is 0.435. The molecule has 0 unspecified atom stereocenters. The largest absolute Gasteiger partial charge is 0.126 e. The molecule has 0 bridgehead atoms. The Morgan fingerprint density at radius 1 is 0.306 bits per heavy atom. The molecular formula is C35H71Cl. The molecule has 0 saturated carbocycles. The van der Waals surface area contributed by atoms with E-state index in [-0.39, 0.29) is 0 Å². The third-order valence-corrected chi connectivity index (χ3v) is 9.28. The van der Waals surface area contributed by atoms with Gasteiger partial charge in [0.1, 0.15) is 0 Å². The van der Waals surface area contributed by atoms with Crippen LogP contribution in [0, 0.1) is 5.41 Å². The molecule has 0 aromatic carbocycles. The molecule has 0 aliphatic rings. The van der Waals surface area contributed by atoms with Crippen molar-refractivity contribution in [1.29, 1.82) is 0 Å². The highest BCUT2D eigenvalue weighted by Crippen LogP contribution is 2.38. The summed E-state index contributed by atoms with van der Waals surface area (Å²) in [7, 11) is 0. The van der Waals surface area contributed by atoms with Crippen LogP contribution in [0.3, 0.4) is 0 Å². The van der Waals surface area contributed by atoms with Gasteiger partial charge in [0.05, 0.1) is 0 Å². The van der Waals surface area contributed by atoms with Crippen molar-refractivity contribution < 1.29 is 0 Å². The third kappa shape index (κ3) is 24.6. The molecule has 36 heavy (non-hydrogen) atoms. The van der Waals surface area contributed by atoms with E-state index in [2.05, 4.69) is 20.8 Å². The summed E-state index contributed by atoms with van der Waals surface area (Å²) in [5, 5.41) is 0. The van der Waals surface area contributed by atoms with Gasteiger partial charge in [-0.2, -0.15) is 0 Å². The summed E-state index contributed by atoms with van der Waals surface area (Å²) < 4.78 is 0. The Balaban J connectivity index is 4.22. The first-order valence-corrected chi connectivity index (χ1v) is 17.8. The summed E-state index contributed by atoms with van der Waals surface area (Å²) in [5.74, 6) is 0.901. The monoisotopic (exact) mass is 527 g/mol. The van der Waals surface area contributed by atoms with Gasteiger partial charge in [0.25, 0.3) is 0 Å². The number of hydrogen-bond acceptors (Lipinski definition) is 0. The molecule has 0 aliphatic carbocycles. The lowest BCUT2D eigenvalue weighted by Crippen LogP contribution is -2.23. The van der Waals surface area contributed by atoms with Crippen LogP contribution < -0.4 is 0 Å². The summed E-state index contributed by atoms with van der Waals surface area (Å²) in [6, 6.07) is 0. The fraction of sp³-hybridized carbons (Fsp3) is 1.00. The minimum absolute atomic E-state index is 0.435. The van der Waals surface area contributed by atoms with E-state index in [0.717, 1.165) is 5.88 Å². The molecular weight excluding hydrogens is 456 g/mol. The lowest BCUT2D eigenvalue weighted by atomic mass is 9.75. The predicted octanol–water partition coefficient (Wildman–Crippen LogP) is 14.0. The number of rotatable bonds is 31. The molecule has 0 nitrogen and oxygen atoms in total. The molecule has 0 N–H and O–H groups in total. The molecule has 0 radical (unpaired) electrons. The topological polar surface area (TPSA) is 0 Å². The van der Waals surface area contributed by atoms with Crippen LogP contribution in [0.2, 0.25) is 0 Å². The number of unbranched alkanes of at least 4 members (excludes halogenated alkanes) is 24. The van der Waals surface area contributed by atoms with Gasteiger partial charge in [0, 0.05) is 5.88 Å². The molecule has 0 atom stereocenters. The Kier molecular flexibility index (Phi) is 30.1. The molecule has 0 fully saturated rings. The zero-order valence-electron chi connectivity index (χ0n) is 25.8. The van der Waals surface area contributed by atoms with Gasteiger partial charge in [-0.15, -0.1) is 11.6 Å². The van der Waals surface area contributed by atoms with E-state index in [1.807, 2.05) is 0 Å². The molecule has 0 amide bonds. The lowest BCUT2D eigenvalue weighted by Gasteiger charge is -2.32. The zero-order valence-corrected chi connectivity index (χ0v) is 26.6. The van der Waals surface area contributed by atoms with Crippen LogP contribution >= 0.6 is 11.6 Å². The van der Waals surface area contributed by atoms with Gasteiger partial charge in [-0.25, -0.2) is 0 Å². The van der Waals surface area contributed by atoms with Crippen LogP contribution in [-0.4, -0.2) is 5.88 Å². The Bertz CT molecular complexity index is 335. The first-order valence-electron chi connectivity index (χ1n) is 17.3. The molecule has 0 spiro atoms. The Morgan fingerprint density at radius 2 is 0.500 bits per heavy atom.